The number of thiocarbonyl (C=S) groups is 1. The van der Waals surface area contributed by atoms with Crippen molar-refractivity contribution < 1.29 is 5.11 Å². The zero-order valence-electron chi connectivity index (χ0n) is 13.5. The Kier molecular flexibility index (Phi) is 5.57. The highest BCUT2D eigenvalue weighted by molar-refractivity contribution is 7.80. The van der Waals surface area contributed by atoms with E-state index < -0.39 is 0 Å². The second-order valence-electron chi connectivity index (χ2n) is 5.32. The van der Waals surface area contributed by atoms with Crippen LogP contribution in [0.5, 0.6) is 0 Å². The summed E-state index contributed by atoms with van der Waals surface area (Å²) in [6.07, 6.45) is 0.736. The van der Waals surface area contributed by atoms with Crippen molar-refractivity contribution in [2.24, 2.45) is 7.05 Å². The lowest BCUT2D eigenvalue weighted by molar-refractivity contribution is 0.253. The van der Waals surface area contributed by atoms with E-state index in [2.05, 4.69) is 10.6 Å². The topological polar surface area (TPSA) is 71.2 Å². The number of anilines is 1. The molecule has 0 bridgehead atoms. The Morgan fingerprint density at radius 1 is 1.35 bits per heavy atom. The van der Waals surface area contributed by atoms with Gasteiger partial charge in [-0.15, -0.1) is 0 Å². The Bertz CT molecular complexity index is 733. The minimum absolute atomic E-state index is 0.0136. The Hall–Kier alpha value is -2.12. The van der Waals surface area contributed by atoms with Crippen molar-refractivity contribution in [1.82, 2.24) is 14.7 Å². The minimum Gasteiger partial charge on any atom is -0.394 e. The molecule has 0 spiro atoms. The third kappa shape index (κ3) is 3.62. The van der Waals surface area contributed by atoms with Crippen LogP contribution in [0.4, 0.5) is 5.69 Å². The highest BCUT2D eigenvalue weighted by Gasteiger charge is 2.17. The Morgan fingerprint density at radius 2 is 2.00 bits per heavy atom. The molecule has 23 heavy (non-hydrogen) atoms. The van der Waals surface area contributed by atoms with Crippen LogP contribution < -0.4 is 16.2 Å². The number of para-hydroxylation sites is 1. The van der Waals surface area contributed by atoms with Gasteiger partial charge < -0.3 is 15.7 Å². The minimum atomic E-state index is -0.169. The van der Waals surface area contributed by atoms with E-state index in [0.29, 0.717) is 10.8 Å². The van der Waals surface area contributed by atoms with Gasteiger partial charge >= 0.3 is 0 Å². The maximum atomic E-state index is 12.7. The van der Waals surface area contributed by atoms with Gasteiger partial charge in [0.2, 0.25) is 0 Å². The lowest BCUT2D eigenvalue weighted by atomic mass is 10.2. The van der Waals surface area contributed by atoms with E-state index in [1.54, 1.807) is 9.36 Å². The average Bonchev–Trinajstić information content (AvgIpc) is 2.77. The van der Waals surface area contributed by atoms with Gasteiger partial charge in [0.05, 0.1) is 24.0 Å². The summed E-state index contributed by atoms with van der Waals surface area (Å²) in [5, 5.41) is 15.5. The monoisotopic (exact) mass is 334 g/mol. The third-order valence-corrected chi connectivity index (χ3v) is 4.06. The van der Waals surface area contributed by atoms with E-state index in [-0.39, 0.29) is 18.2 Å². The van der Waals surface area contributed by atoms with E-state index in [4.69, 9.17) is 12.2 Å². The maximum Gasteiger partial charge on any atom is 0.295 e. The van der Waals surface area contributed by atoms with Crippen LogP contribution in [0, 0.1) is 6.92 Å². The lowest BCUT2D eigenvalue weighted by Crippen LogP contribution is -2.40. The number of rotatable bonds is 5. The first-order valence-electron chi connectivity index (χ1n) is 7.52. The Balaban J connectivity index is 2.31. The number of aliphatic hydroxyl groups excluding tert-OH is 1. The molecular weight excluding hydrogens is 312 g/mol. The summed E-state index contributed by atoms with van der Waals surface area (Å²) in [5.41, 5.74) is 1.83. The predicted molar refractivity (Wildman–Crippen MR) is 96.3 cm³/mol. The summed E-state index contributed by atoms with van der Waals surface area (Å²) >= 11 is 5.24. The summed E-state index contributed by atoms with van der Waals surface area (Å²) < 4.78 is 3.37. The van der Waals surface area contributed by atoms with Crippen molar-refractivity contribution in [3.63, 3.8) is 0 Å². The van der Waals surface area contributed by atoms with Crippen LogP contribution >= 0.6 is 12.2 Å². The molecule has 0 aliphatic heterocycles. The van der Waals surface area contributed by atoms with Crippen molar-refractivity contribution in [2.75, 3.05) is 11.9 Å². The largest absolute Gasteiger partial charge is 0.394 e. The molecule has 1 heterocycles. The van der Waals surface area contributed by atoms with Gasteiger partial charge in [0.15, 0.2) is 5.11 Å². The fourth-order valence-corrected chi connectivity index (χ4v) is 2.59. The van der Waals surface area contributed by atoms with Gasteiger partial charge in [-0.05, 0) is 37.7 Å². The summed E-state index contributed by atoms with van der Waals surface area (Å²) in [6, 6.07) is 9.30. The number of aliphatic hydroxyl groups is 1. The smallest absolute Gasteiger partial charge is 0.295 e. The fourth-order valence-electron chi connectivity index (χ4n) is 2.32. The van der Waals surface area contributed by atoms with Crippen LogP contribution in [0.25, 0.3) is 5.69 Å². The van der Waals surface area contributed by atoms with Crippen LogP contribution in [-0.4, -0.2) is 32.2 Å². The van der Waals surface area contributed by atoms with E-state index in [0.717, 1.165) is 17.8 Å². The summed E-state index contributed by atoms with van der Waals surface area (Å²) in [4.78, 5) is 12.7. The number of hydrogen-bond acceptors (Lipinski definition) is 3. The third-order valence-electron chi connectivity index (χ3n) is 3.84. The van der Waals surface area contributed by atoms with E-state index >= 15 is 0 Å². The van der Waals surface area contributed by atoms with Crippen LogP contribution in [0.15, 0.2) is 35.1 Å². The van der Waals surface area contributed by atoms with Gasteiger partial charge in [-0.3, -0.25) is 9.48 Å². The van der Waals surface area contributed by atoms with Crippen molar-refractivity contribution in [3.8, 4) is 5.69 Å². The molecule has 0 saturated carbocycles. The Labute approximate surface area is 140 Å². The lowest BCUT2D eigenvalue weighted by Gasteiger charge is -2.16. The molecule has 1 aromatic heterocycles. The molecule has 0 fully saturated rings. The molecule has 6 nitrogen and oxygen atoms in total. The van der Waals surface area contributed by atoms with E-state index in [1.165, 1.54) is 0 Å². The van der Waals surface area contributed by atoms with E-state index in [9.17, 15) is 9.90 Å². The van der Waals surface area contributed by atoms with Gasteiger partial charge in [-0.1, -0.05) is 25.1 Å². The quantitative estimate of drug-likeness (QED) is 0.724. The molecule has 0 radical (unpaired) electrons. The molecule has 3 N–H and O–H groups in total. The predicted octanol–water partition coefficient (Wildman–Crippen LogP) is 1.54. The molecule has 0 amide bonds. The zero-order chi connectivity index (χ0) is 17.0. The molecule has 0 saturated heterocycles. The van der Waals surface area contributed by atoms with Crippen molar-refractivity contribution in [2.45, 2.75) is 26.3 Å². The maximum absolute atomic E-state index is 12.7. The number of nitrogens with one attached hydrogen (secondary N) is 2. The molecule has 2 rings (SSSR count). The Morgan fingerprint density at radius 3 is 2.57 bits per heavy atom. The first-order chi connectivity index (χ1) is 11.0. The highest BCUT2D eigenvalue weighted by atomic mass is 32.1. The van der Waals surface area contributed by atoms with Crippen LogP contribution in [0.2, 0.25) is 0 Å². The van der Waals surface area contributed by atoms with Crippen molar-refractivity contribution in [1.29, 1.82) is 0 Å². The molecule has 7 heteroatoms. The SMILES string of the molecule is CCC(CO)NC(=S)Nc1c(C)n(C)n(-c2ccccc2)c1=O. The molecular formula is C16H22N4O2S. The van der Waals surface area contributed by atoms with Crippen molar-refractivity contribution >= 4 is 23.0 Å². The molecule has 124 valence electrons. The summed E-state index contributed by atoms with van der Waals surface area (Å²) in [5.74, 6) is 0. The second-order valence-corrected chi connectivity index (χ2v) is 5.73. The summed E-state index contributed by atoms with van der Waals surface area (Å²) in [6.45, 7) is 3.79. The molecule has 0 aliphatic rings. The van der Waals surface area contributed by atoms with E-state index in [1.807, 2.05) is 51.2 Å². The first-order valence-corrected chi connectivity index (χ1v) is 7.92. The number of benzene rings is 1. The molecule has 2 aromatic rings. The van der Waals surface area contributed by atoms with Gasteiger partial charge in [0.1, 0.15) is 5.69 Å². The molecule has 1 atom stereocenters. The molecule has 1 unspecified atom stereocenters. The molecule has 0 aliphatic carbocycles. The number of nitrogens with zero attached hydrogens (tertiary/aromatic N) is 2. The normalized spacial score (nSPS) is 12.0. The first kappa shape index (κ1) is 17.2. The van der Waals surface area contributed by atoms with Crippen LogP contribution in [0.1, 0.15) is 19.0 Å². The van der Waals surface area contributed by atoms with Crippen LogP contribution in [-0.2, 0) is 7.05 Å². The standard InChI is InChI=1S/C16H22N4O2S/c1-4-12(10-21)17-16(23)18-14-11(2)19(3)20(15(14)22)13-8-6-5-7-9-13/h5-9,12,21H,4,10H2,1-3H3,(H2,17,18,23). The number of hydrogen-bond donors (Lipinski definition) is 3. The second kappa shape index (κ2) is 7.43. The molecule has 1 aromatic carbocycles. The fraction of sp³-hybridized carbons (Fsp3) is 0.375. The summed E-state index contributed by atoms with van der Waals surface area (Å²) in [7, 11) is 1.83. The average molecular weight is 334 g/mol. The zero-order valence-corrected chi connectivity index (χ0v) is 14.4. The van der Waals surface area contributed by atoms with Gasteiger partial charge in [0.25, 0.3) is 5.56 Å². The van der Waals surface area contributed by atoms with Gasteiger partial charge in [-0.25, -0.2) is 4.68 Å². The van der Waals surface area contributed by atoms with Gasteiger partial charge in [0, 0.05) is 7.05 Å². The van der Waals surface area contributed by atoms with Crippen molar-refractivity contribution in [3.05, 3.63) is 46.4 Å². The van der Waals surface area contributed by atoms with Gasteiger partial charge in [-0.2, -0.15) is 0 Å². The highest BCUT2D eigenvalue weighted by Crippen LogP contribution is 2.13. The number of aromatic nitrogens is 2. The van der Waals surface area contributed by atoms with Crippen LogP contribution in [0.3, 0.4) is 0 Å².